The molecule has 2 unspecified atom stereocenters. The molecule has 5 heteroatoms. The normalized spacial score (nSPS) is 34.0. The van der Waals surface area contributed by atoms with Gasteiger partial charge < -0.3 is 14.6 Å². The van der Waals surface area contributed by atoms with Gasteiger partial charge in [-0.3, -0.25) is 4.90 Å². The molecule has 2 aliphatic heterocycles. The van der Waals surface area contributed by atoms with Gasteiger partial charge in [0.1, 0.15) is 0 Å². The summed E-state index contributed by atoms with van der Waals surface area (Å²) in [6.07, 6.45) is 1.38. The molecule has 0 aliphatic carbocycles. The molecule has 2 fully saturated rings. The van der Waals surface area contributed by atoms with Crippen molar-refractivity contribution in [2.24, 2.45) is 0 Å². The number of aryl methyl sites for hydroxylation is 1. The summed E-state index contributed by atoms with van der Waals surface area (Å²) in [5.41, 5.74) is 0.952. The summed E-state index contributed by atoms with van der Waals surface area (Å²) in [7, 11) is 3.73. The molecule has 1 N–H and O–H groups in total. The molecule has 0 amide bonds. The largest absolute Gasteiger partial charge is 0.481 e. The van der Waals surface area contributed by atoms with E-state index in [4.69, 9.17) is 9.47 Å². The number of morpholine rings is 1. The van der Waals surface area contributed by atoms with Gasteiger partial charge in [-0.25, -0.2) is 4.98 Å². The summed E-state index contributed by atoms with van der Waals surface area (Å²) in [6.45, 7) is 3.32. The number of fused-ring (bicyclic) bond motifs is 2. The molecule has 1 aromatic rings. The molecule has 0 aromatic carbocycles. The Morgan fingerprint density at radius 3 is 2.55 bits per heavy atom. The minimum absolute atomic E-state index is 0.272. The first-order valence-corrected chi connectivity index (χ1v) is 7.07. The smallest absolute Gasteiger partial charge is 0.213 e. The Bertz CT molecular complexity index is 492. The maximum Gasteiger partial charge on any atom is 0.213 e. The van der Waals surface area contributed by atoms with E-state index < -0.39 is 5.60 Å². The molecular weight excluding hydrogens is 256 g/mol. The molecule has 1 aromatic heterocycles. The zero-order valence-corrected chi connectivity index (χ0v) is 12.3. The van der Waals surface area contributed by atoms with Crippen molar-refractivity contribution in [3.8, 4) is 5.88 Å². The van der Waals surface area contributed by atoms with Crippen LogP contribution in [0.3, 0.4) is 0 Å². The lowest BCUT2D eigenvalue weighted by Gasteiger charge is -2.50. The number of hydrogen-bond donors (Lipinski definition) is 1. The maximum absolute atomic E-state index is 11.1. The number of hydrogen-bond acceptors (Lipinski definition) is 5. The van der Waals surface area contributed by atoms with Crippen LogP contribution in [-0.2, 0) is 10.3 Å². The van der Waals surface area contributed by atoms with Gasteiger partial charge in [-0.05, 0) is 32.9 Å². The van der Waals surface area contributed by atoms with E-state index in [1.807, 2.05) is 19.1 Å². The number of aromatic nitrogens is 1. The van der Waals surface area contributed by atoms with Gasteiger partial charge in [-0.15, -0.1) is 0 Å². The molecule has 3 rings (SSSR count). The highest BCUT2D eigenvalue weighted by atomic mass is 16.5. The Kier molecular flexibility index (Phi) is 3.44. The van der Waals surface area contributed by atoms with Crippen LogP contribution in [0.15, 0.2) is 12.1 Å². The predicted molar refractivity (Wildman–Crippen MR) is 74.8 cm³/mol. The van der Waals surface area contributed by atoms with Crippen LogP contribution in [0, 0.1) is 6.92 Å². The van der Waals surface area contributed by atoms with Crippen molar-refractivity contribution in [2.75, 3.05) is 27.4 Å². The van der Waals surface area contributed by atoms with Crippen LogP contribution in [0.25, 0.3) is 0 Å². The number of methoxy groups -OCH3 is 1. The van der Waals surface area contributed by atoms with Crippen LogP contribution in [0.5, 0.6) is 5.88 Å². The lowest BCUT2D eigenvalue weighted by molar-refractivity contribution is -0.138. The zero-order chi connectivity index (χ0) is 14.3. The van der Waals surface area contributed by atoms with Crippen molar-refractivity contribution in [3.63, 3.8) is 0 Å². The van der Waals surface area contributed by atoms with E-state index in [1.54, 1.807) is 7.11 Å². The average Bonchev–Trinajstić information content (AvgIpc) is 2.40. The minimum Gasteiger partial charge on any atom is -0.481 e. The quantitative estimate of drug-likeness (QED) is 0.877. The van der Waals surface area contributed by atoms with Gasteiger partial charge in [0.2, 0.25) is 5.88 Å². The maximum atomic E-state index is 11.1. The Labute approximate surface area is 119 Å². The summed E-state index contributed by atoms with van der Waals surface area (Å²) in [4.78, 5) is 6.74. The molecular formula is C15H22N2O3. The second-order valence-electron chi connectivity index (χ2n) is 5.94. The molecule has 3 heterocycles. The van der Waals surface area contributed by atoms with Crippen molar-refractivity contribution >= 4 is 0 Å². The summed E-state index contributed by atoms with van der Waals surface area (Å²) in [5.74, 6) is 0.589. The number of nitrogens with zero attached hydrogens (tertiary/aromatic N) is 2. The van der Waals surface area contributed by atoms with E-state index in [1.165, 1.54) is 0 Å². The summed E-state index contributed by atoms with van der Waals surface area (Å²) in [5, 5.41) is 11.1. The van der Waals surface area contributed by atoms with Crippen molar-refractivity contribution in [1.82, 2.24) is 9.88 Å². The van der Waals surface area contributed by atoms with E-state index in [-0.39, 0.29) is 12.1 Å². The monoisotopic (exact) mass is 278 g/mol. The fourth-order valence-electron chi connectivity index (χ4n) is 3.51. The third-order valence-corrected chi connectivity index (χ3v) is 4.69. The Morgan fingerprint density at radius 2 is 2.00 bits per heavy atom. The topological polar surface area (TPSA) is 54.8 Å². The molecule has 2 atom stereocenters. The van der Waals surface area contributed by atoms with E-state index in [0.29, 0.717) is 31.9 Å². The second kappa shape index (κ2) is 4.98. The van der Waals surface area contributed by atoms with Crippen LogP contribution >= 0.6 is 0 Å². The van der Waals surface area contributed by atoms with Crippen molar-refractivity contribution in [1.29, 1.82) is 0 Å². The Hall–Kier alpha value is -1.17. The number of rotatable bonds is 2. The number of likely N-dealkylation sites (N-methyl/N-ethyl adjacent to an activating group) is 1. The number of ether oxygens (including phenoxy) is 2. The van der Waals surface area contributed by atoms with Gasteiger partial charge in [0.25, 0.3) is 0 Å². The molecule has 2 aliphatic rings. The first-order valence-electron chi connectivity index (χ1n) is 7.07. The first kappa shape index (κ1) is 13.8. The lowest BCUT2D eigenvalue weighted by Crippen LogP contribution is -2.59. The lowest BCUT2D eigenvalue weighted by atomic mass is 9.76. The first-order chi connectivity index (χ1) is 9.53. The van der Waals surface area contributed by atoms with Gasteiger partial charge in [0.15, 0.2) is 0 Å². The third-order valence-electron chi connectivity index (χ3n) is 4.69. The fourth-order valence-corrected chi connectivity index (χ4v) is 3.51. The average molecular weight is 278 g/mol. The van der Waals surface area contributed by atoms with Crippen molar-refractivity contribution < 1.29 is 14.6 Å². The molecule has 2 saturated heterocycles. The molecule has 0 spiro atoms. The van der Waals surface area contributed by atoms with Crippen LogP contribution in [0.1, 0.15) is 24.1 Å². The summed E-state index contributed by atoms with van der Waals surface area (Å²) < 4.78 is 10.8. The molecule has 0 saturated carbocycles. The highest BCUT2D eigenvalue weighted by molar-refractivity contribution is 5.31. The molecule has 0 radical (unpaired) electrons. The number of piperidine rings is 1. The molecule has 2 bridgehead atoms. The van der Waals surface area contributed by atoms with Crippen molar-refractivity contribution in [3.05, 3.63) is 23.4 Å². The minimum atomic E-state index is -0.811. The summed E-state index contributed by atoms with van der Waals surface area (Å²) >= 11 is 0. The summed E-state index contributed by atoms with van der Waals surface area (Å²) in [6, 6.07) is 4.32. The van der Waals surface area contributed by atoms with E-state index in [2.05, 4.69) is 16.9 Å². The van der Waals surface area contributed by atoms with E-state index in [9.17, 15) is 5.11 Å². The van der Waals surface area contributed by atoms with Crippen molar-refractivity contribution in [2.45, 2.75) is 37.5 Å². The van der Waals surface area contributed by atoms with Crippen LogP contribution < -0.4 is 4.74 Å². The van der Waals surface area contributed by atoms with E-state index >= 15 is 0 Å². The standard InChI is InChI=1S/C15H22N2O3/c1-10-13(4-5-14(16-10)19-3)15(18)6-11-8-20-9-12(7-15)17(11)2/h4-5,11-12,18H,6-9H2,1-3H3. The Balaban J connectivity index is 1.93. The van der Waals surface area contributed by atoms with Crippen LogP contribution in [0.4, 0.5) is 0 Å². The molecule has 110 valence electrons. The highest BCUT2D eigenvalue weighted by Gasteiger charge is 2.46. The highest BCUT2D eigenvalue weighted by Crippen LogP contribution is 2.41. The third kappa shape index (κ3) is 2.20. The molecule has 5 nitrogen and oxygen atoms in total. The fraction of sp³-hybridized carbons (Fsp3) is 0.667. The Morgan fingerprint density at radius 1 is 1.35 bits per heavy atom. The number of aliphatic hydroxyl groups is 1. The second-order valence-corrected chi connectivity index (χ2v) is 5.94. The van der Waals surface area contributed by atoms with Crippen LogP contribution in [0.2, 0.25) is 0 Å². The molecule has 20 heavy (non-hydrogen) atoms. The zero-order valence-electron chi connectivity index (χ0n) is 12.3. The SMILES string of the molecule is COc1ccc(C2(O)CC3COCC(C2)N3C)c(C)n1. The van der Waals surface area contributed by atoms with Gasteiger partial charge in [0.05, 0.1) is 25.9 Å². The van der Waals surface area contributed by atoms with E-state index in [0.717, 1.165) is 11.3 Å². The van der Waals surface area contributed by atoms with Gasteiger partial charge in [-0.2, -0.15) is 0 Å². The van der Waals surface area contributed by atoms with Gasteiger partial charge >= 0.3 is 0 Å². The predicted octanol–water partition coefficient (Wildman–Crippen LogP) is 1.08. The van der Waals surface area contributed by atoms with Crippen LogP contribution in [-0.4, -0.2) is 54.4 Å². The number of pyridine rings is 1. The van der Waals surface area contributed by atoms with Gasteiger partial charge in [-0.1, -0.05) is 0 Å². The van der Waals surface area contributed by atoms with Gasteiger partial charge in [0, 0.05) is 29.4 Å².